The fraction of sp³-hybridized carbons (Fsp3) is 0.300. The first kappa shape index (κ1) is 9.68. The second kappa shape index (κ2) is 3.71. The van der Waals surface area contributed by atoms with Gasteiger partial charge in [-0.1, -0.05) is 0 Å². The van der Waals surface area contributed by atoms with Crippen LogP contribution in [0.2, 0.25) is 0 Å². The highest BCUT2D eigenvalue weighted by atomic mass is 79.9. The Kier molecular flexibility index (Phi) is 2.56. The van der Waals surface area contributed by atoms with Gasteiger partial charge < -0.3 is 10.1 Å². The summed E-state index contributed by atoms with van der Waals surface area (Å²) >= 11 is 3.45. The standard InChI is InChI=1S/C10H12BrN3/c1-7-9(4-5-12)14-6-8(11)2-3-10(14)13-7/h2-3,6H,4-5,12H2,1H3. The Labute approximate surface area is 91.1 Å². The molecule has 0 aromatic carbocycles. The van der Waals surface area contributed by atoms with Crippen LogP contribution in [-0.2, 0) is 6.42 Å². The number of aromatic nitrogens is 2. The molecule has 0 bridgehead atoms. The maximum absolute atomic E-state index is 5.56. The molecule has 0 aliphatic rings. The molecule has 0 saturated carbocycles. The largest absolute Gasteiger partial charge is 0.330 e. The van der Waals surface area contributed by atoms with Gasteiger partial charge >= 0.3 is 0 Å². The third-order valence-electron chi connectivity index (χ3n) is 2.26. The van der Waals surface area contributed by atoms with Crippen LogP contribution in [0.5, 0.6) is 0 Å². The highest BCUT2D eigenvalue weighted by Gasteiger charge is 2.07. The van der Waals surface area contributed by atoms with Crippen molar-refractivity contribution in [3.63, 3.8) is 0 Å². The third-order valence-corrected chi connectivity index (χ3v) is 2.73. The van der Waals surface area contributed by atoms with Crippen molar-refractivity contribution in [3.05, 3.63) is 34.2 Å². The van der Waals surface area contributed by atoms with Gasteiger partial charge in [0.05, 0.1) is 5.69 Å². The molecule has 0 saturated heterocycles. The van der Waals surface area contributed by atoms with Crippen molar-refractivity contribution < 1.29 is 0 Å². The normalized spacial score (nSPS) is 11.1. The summed E-state index contributed by atoms with van der Waals surface area (Å²) in [4.78, 5) is 4.46. The van der Waals surface area contributed by atoms with E-state index in [-0.39, 0.29) is 0 Å². The number of rotatable bonds is 2. The lowest BCUT2D eigenvalue weighted by molar-refractivity contribution is 0.892. The molecule has 0 radical (unpaired) electrons. The van der Waals surface area contributed by atoms with Gasteiger partial charge in [-0.15, -0.1) is 0 Å². The predicted octanol–water partition coefficient (Wildman–Crippen LogP) is 1.91. The number of hydrogen-bond acceptors (Lipinski definition) is 2. The van der Waals surface area contributed by atoms with Gasteiger partial charge in [0.15, 0.2) is 0 Å². The van der Waals surface area contributed by atoms with Gasteiger partial charge in [-0.05, 0) is 41.5 Å². The molecule has 0 atom stereocenters. The number of nitrogens with zero attached hydrogens (tertiary/aromatic N) is 2. The van der Waals surface area contributed by atoms with Crippen LogP contribution in [0.4, 0.5) is 0 Å². The van der Waals surface area contributed by atoms with Crippen molar-refractivity contribution in [1.29, 1.82) is 0 Å². The predicted molar refractivity (Wildman–Crippen MR) is 60.4 cm³/mol. The Morgan fingerprint density at radius 1 is 1.50 bits per heavy atom. The summed E-state index contributed by atoms with van der Waals surface area (Å²) in [7, 11) is 0. The molecule has 2 aromatic heterocycles. The Balaban J connectivity index is 2.66. The summed E-state index contributed by atoms with van der Waals surface area (Å²) in [6, 6.07) is 3.99. The molecule has 4 heteroatoms. The number of pyridine rings is 1. The first-order valence-corrected chi connectivity index (χ1v) is 5.35. The number of fused-ring (bicyclic) bond motifs is 1. The molecule has 2 aromatic rings. The maximum atomic E-state index is 5.56. The first-order valence-electron chi connectivity index (χ1n) is 4.55. The second-order valence-electron chi connectivity index (χ2n) is 3.26. The lowest BCUT2D eigenvalue weighted by atomic mass is 10.2. The zero-order valence-electron chi connectivity index (χ0n) is 8.00. The Morgan fingerprint density at radius 2 is 2.29 bits per heavy atom. The van der Waals surface area contributed by atoms with Crippen LogP contribution in [0.1, 0.15) is 11.4 Å². The molecule has 0 fully saturated rings. The second-order valence-corrected chi connectivity index (χ2v) is 4.17. The van der Waals surface area contributed by atoms with Gasteiger partial charge in [0.25, 0.3) is 0 Å². The number of halogens is 1. The SMILES string of the molecule is Cc1nc2ccc(Br)cn2c1CCN. The smallest absolute Gasteiger partial charge is 0.137 e. The van der Waals surface area contributed by atoms with E-state index in [4.69, 9.17) is 5.73 Å². The van der Waals surface area contributed by atoms with E-state index in [1.54, 1.807) is 0 Å². The maximum Gasteiger partial charge on any atom is 0.137 e. The van der Waals surface area contributed by atoms with E-state index in [9.17, 15) is 0 Å². The molecule has 0 unspecified atom stereocenters. The van der Waals surface area contributed by atoms with Crippen molar-refractivity contribution in [2.24, 2.45) is 5.73 Å². The van der Waals surface area contributed by atoms with E-state index in [2.05, 4.69) is 25.3 Å². The summed E-state index contributed by atoms with van der Waals surface area (Å²) in [6.45, 7) is 2.67. The Morgan fingerprint density at radius 3 is 3.00 bits per heavy atom. The molecular weight excluding hydrogens is 242 g/mol. The minimum Gasteiger partial charge on any atom is -0.330 e. The van der Waals surface area contributed by atoms with Crippen molar-refractivity contribution >= 4 is 21.6 Å². The molecule has 0 spiro atoms. The van der Waals surface area contributed by atoms with Crippen LogP contribution < -0.4 is 5.73 Å². The fourth-order valence-corrected chi connectivity index (χ4v) is 1.96. The minimum atomic E-state index is 0.654. The number of nitrogens with two attached hydrogens (primary N) is 1. The molecule has 2 rings (SSSR count). The van der Waals surface area contributed by atoms with Crippen LogP contribution in [0, 0.1) is 6.92 Å². The molecule has 74 valence electrons. The summed E-state index contributed by atoms with van der Waals surface area (Å²) in [5.74, 6) is 0. The first-order chi connectivity index (χ1) is 6.72. The Bertz CT molecular complexity index is 462. The zero-order valence-corrected chi connectivity index (χ0v) is 9.58. The quantitative estimate of drug-likeness (QED) is 0.889. The average molecular weight is 254 g/mol. The van der Waals surface area contributed by atoms with Gasteiger partial charge in [0, 0.05) is 22.8 Å². The van der Waals surface area contributed by atoms with Crippen LogP contribution >= 0.6 is 15.9 Å². The number of aryl methyl sites for hydroxylation is 1. The van der Waals surface area contributed by atoms with E-state index >= 15 is 0 Å². The monoisotopic (exact) mass is 253 g/mol. The highest BCUT2D eigenvalue weighted by Crippen LogP contribution is 2.16. The van der Waals surface area contributed by atoms with Crippen molar-refractivity contribution in [1.82, 2.24) is 9.38 Å². The molecule has 0 aliphatic heterocycles. The lowest BCUT2D eigenvalue weighted by Gasteiger charge is -2.01. The molecule has 0 aliphatic carbocycles. The number of imidazole rings is 1. The third kappa shape index (κ3) is 1.55. The Hall–Kier alpha value is -0.870. The summed E-state index contributed by atoms with van der Waals surface area (Å²) < 4.78 is 3.15. The van der Waals surface area contributed by atoms with E-state index in [0.29, 0.717) is 6.54 Å². The molecule has 0 amide bonds. The fourth-order valence-electron chi connectivity index (χ4n) is 1.62. The van der Waals surface area contributed by atoms with Crippen LogP contribution in [-0.4, -0.2) is 15.9 Å². The van der Waals surface area contributed by atoms with E-state index in [0.717, 1.165) is 22.2 Å². The van der Waals surface area contributed by atoms with Crippen molar-refractivity contribution in [3.8, 4) is 0 Å². The van der Waals surface area contributed by atoms with Crippen molar-refractivity contribution in [2.45, 2.75) is 13.3 Å². The summed E-state index contributed by atoms with van der Waals surface area (Å²) in [5.41, 5.74) is 8.81. The molecule has 2 heterocycles. The van der Waals surface area contributed by atoms with Crippen LogP contribution in [0.3, 0.4) is 0 Å². The van der Waals surface area contributed by atoms with Gasteiger partial charge in [-0.25, -0.2) is 4.98 Å². The summed E-state index contributed by atoms with van der Waals surface area (Å²) in [6.07, 6.45) is 2.89. The van der Waals surface area contributed by atoms with Gasteiger partial charge in [0.2, 0.25) is 0 Å². The van der Waals surface area contributed by atoms with Gasteiger partial charge in [0.1, 0.15) is 5.65 Å². The summed E-state index contributed by atoms with van der Waals surface area (Å²) in [5, 5.41) is 0. The molecular formula is C10H12BrN3. The van der Waals surface area contributed by atoms with E-state index < -0.39 is 0 Å². The van der Waals surface area contributed by atoms with Crippen LogP contribution in [0.15, 0.2) is 22.8 Å². The highest BCUT2D eigenvalue weighted by molar-refractivity contribution is 9.10. The molecule has 14 heavy (non-hydrogen) atoms. The van der Waals surface area contributed by atoms with E-state index in [1.165, 1.54) is 5.69 Å². The van der Waals surface area contributed by atoms with Gasteiger partial charge in [-0.3, -0.25) is 0 Å². The minimum absolute atomic E-state index is 0.654. The van der Waals surface area contributed by atoms with Gasteiger partial charge in [-0.2, -0.15) is 0 Å². The topological polar surface area (TPSA) is 43.3 Å². The average Bonchev–Trinajstić information content (AvgIpc) is 2.45. The van der Waals surface area contributed by atoms with Crippen LogP contribution in [0.25, 0.3) is 5.65 Å². The lowest BCUT2D eigenvalue weighted by Crippen LogP contribution is -2.06. The molecule has 2 N–H and O–H groups in total. The molecule has 3 nitrogen and oxygen atoms in total. The zero-order chi connectivity index (χ0) is 10.1. The van der Waals surface area contributed by atoms with Crippen molar-refractivity contribution in [2.75, 3.05) is 6.54 Å². The number of hydrogen-bond donors (Lipinski definition) is 1. The van der Waals surface area contributed by atoms with E-state index in [1.807, 2.05) is 25.3 Å².